The maximum atomic E-state index is 13.9. The Morgan fingerprint density at radius 1 is 1.08 bits per heavy atom. The molecule has 0 saturated carbocycles. The highest BCUT2D eigenvalue weighted by Crippen LogP contribution is 2.43. The average molecular weight is 569 g/mol. The molecule has 37 heavy (non-hydrogen) atoms. The molecule has 13 heteroatoms. The van der Waals surface area contributed by atoms with Crippen LogP contribution in [-0.2, 0) is 6.18 Å². The van der Waals surface area contributed by atoms with Gasteiger partial charge in [0.05, 0.1) is 21.3 Å². The number of halogens is 4. The van der Waals surface area contributed by atoms with Gasteiger partial charge in [0.1, 0.15) is 10.4 Å². The van der Waals surface area contributed by atoms with E-state index in [1.54, 1.807) is 24.1 Å². The third-order valence-electron chi connectivity index (χ3n) is 6.32. The summed E-state index contributed by atoms with van der Waals surface area (Å²) in [6.07, 6.45) is -3.89. The van der Waals surface area contributed by atoms with E-state index in [1.807, 2.05) is 12.1 Å². The number of hydrogen-bond donors (Lipinski definition) is 1. The van der Waals surface area contributed by atoms with Gasteiger partial charge in [-0.15, -0.1) is 23.1 Å². The summed E-state index contributed by atoms with van der Waals surface area (Å²) >= 11 is 8.99. The molecule has 1 aromatic carbocycles. The van der Waals surface area contributed by atoms with Crippen molar-refractivity contribution in [3.63, 3.8) is 0 Å². The molecule has 2 aliphatic heterocycles. The molecular weight excluding hydrogens is 545 g/mol. The van der Waals surface area contributed by atoms with Crippen molar-refractivity contribution < 1.29 is 18.0 Å². The van der Waals surface area contributed by atoms with Crippen LogP contribution >= 0.6 is 34.7 Å². The maximum Gasteiger partial charge on any atom is 0.420 e. The van der Waals surface area contributed by atoms with E-state index in [1.165, 1.54) is 11.8 Å². The SMILES string of the molecule is CN1CCN(c2ccc(Nc3ncc(C(F)(F)F)c(-c4cc5c(s4)C(=O)N(C)CCS5)n3)c(Cl)c2)CC1. The first-order chi connectivity index (χ1) is 17.6. The van der Waals surface area contributed by atoms with E-state index in [2.05, 4.69) is 32.1 Å². The Kier molecular flexibility index (Phi) is 7.27. The standard InChI is InChI=1S/C24H24ClF3N6OS2/c1-32-5-7-34(8-6-32)14-3-4-17(16(25)11-14)30-23-29-13-15(24(26,27)28)20(31-23)18-12-19-21(37-18)22(35)33(2)9-10-36-19/h3-4,11-13H,5-10H2,1-2H3,(H,29,30,31). The average Bonchev–Trinajstić information content (AvgIpc) is 3.23. The molecule has 1 saturated heterocycles. The molecule has 1 amide bonds. The summed E-state index contributed by atoms with van der Waals surface area (Å²) in [6, 6.07) is 7.13. The molecule has 3 aromatic rings. The van der Waals surface area contributed by atoms with Gasteiger partial charge in [0, 0.05) is 62.3 Å². The maximum absolute atomic E-state index is 13.9. The molecule has 4 heterocycles. The topological polar surface area (TPSA) is 64.6 Å². The number of nitrogens with zero attached hydrogens (tertiary/aromatic N) is 5. The predicted molar refractivity (Wildman–Crippen MR) is 142 cm³/mol. The molecule has 0 spiro atoms. The number of aromatic nitrogens is 2. The Morgan fingerprint density at radius 2 is 1.84 bits per heavy atom. The number of alkyl halides is 3. The summed E-state index contributed by atoms with van der Waals surface area (Å²) < 4.78 is 41.7. The van der Waals surface area contributed by atoms with Gasteiger partial charge >= 0.3 is 6.18 Å². The largest absolute Gasteiger partial charge is 0.420 e. The van der Waals surface area contributed by atoms with Crippen LogP contribution in [0.25, 0.3) is 10.6 Å². The van der Waals surface area contributed by atoms with Gasteiger partial charge in [-0.05, 0) is 31.3 Å². The lowest BCUT2D eigenvalue weighted by Gasteiger charge is -2.34. The molecule has 1 N–H and O–H groups in total. The monoisotopic (exact) mass is 568 g/mol. The third-order valence-corrected chi connectivity index (χ3v) is 8.91. The van der Waals surface area contributed by atoms with Crippen LogP contribution in [0.5, 0.6) is 0 Å². The lowest BCUT2D eigenvalue weighted by atomic mass is 10.2. The number of amides is 1. The predicted octanol–water partition coefficient (Wildman–Crippen LogP) is 5.55. The summed E-state index contributed by atoms with van der Waals surface area (Å²) in [4.78, 5) is 28.3. The molecule has 5 rings (SSSR count). The number of thioether (sulfide) groups is 1. The second kappa shape index (κ2) is 10.3. The minimum absolute atomic E-state index is 0.0167. The van der Waals surface area contributed by atoms with Crippen molar-refractivity contribution in [1.29, 1.82) is 0 Å². The summed E-state index contributed by atoms with van der Waals surface area (Å²) in [5.41, 5.74) is 0.227. The van der Waals surface area contributed by atoms with Crippen molar-refractivity contribution >= 4 is 57.9 Å². The van der Waals surface area contributed by atoms with E-state index in [-0.39, 0.29) is 22.4 Å². The first-order valence-corrected chi connectivity index (χ1v) is 13.7. The van der Waals surface area contributed by atoms with Crippen LogP contribution in [0, 0.1) is 0 Å². The van der Waals surface area contributed by atoms with Gasteiger partial charge in [0.15, 0.2) is 0 Å². The van der Waals surface area contributed by atoms with Crippen molar-refractivity contribution in [1.82, 2.24) is 19.8 Å². The number of hydrogen-bond acceptors (Lipinski definition) is 8. The molecule has 2 aromatic heterocycles. The zero-order chi connectivity index (χ0) is 26.3. The number of carbonyl (C=O) groups excluding carboxylic acids is 1. The van der Waals surface area contributed by atoms with Crippen LogP contribution in [0.2, 0.25) is 5.02 Å². The Labute approximate surface area is 225 Å². The van der Waals surface area contributed by atoms with Gasteiger partial charge in [0.2, 0.25) is 5.95 Å². The quantitative estimate of drug-likeness (QED) is 0.443. The summed E-state index contributed by atoms with van der Waals surface area (Å²) in [5.74, 6) is 0.442. The van der Waals surface area contributed by atoms with E-state index in [0.29, 0.717) is 32.8 Å². The molecule has 7 nitrogen and oxygen atoms in total. The fourth-order valence-electron chi connectivity index (χ4n) is 4.14. The molecule has 0 unspecified atom stereocenters. The van der Waals surface area contributed by atoms with E-state index in [0.717, 1.165) is 49.4 Å². The Bertz CT molecular complexity index is 1330. The third kappa shape index (κ3) is 5.52. The normalized spacial score (nSPS) is 17.1. The number of thiophene rings is 1. The molecule has 0 aliphatic carbocycles. The van der Waals surface area contributed by atoms with Crippen molar-refractivity contribution in [2.24, 2.45) is 0 Å². The molecule has 0 radical (unpaired) electrons. The molecule has 1 fully saturated rings. The van der Waals surface area contributed by atoms with Crippen molar-refractivity contribution in [3.8, 4) is 10.6 Å². The molecule has 0 bridgehead atoms. The van der Waals surface area contributed by atoms with Gasteiger partial charge in [-0.1, -0.05) is 11.6 Å². The van der Waals surface area contributed by atoms with E-state index < -0.39 is 11.7 Å². The summed E-state index contributed by atoms with van der Waals surface area (Å²) in [5, 5.41) is 3.37. The van der Waals surface area contributed by atoms with Gasteiger partial charge in [-0.3, -0.25) is 4.79 Å². The fraction of sp³-hybridized carbons (Fsp3) is 0.375. The fourth-order valence-corrected chi connectivity index (χ4v) is 6.79. The lowest BCUT2D eigenvalue weighted by molar-refractivity contribution is -0.137. The zero-order valence-corrected chi connectivity index (χ0v) is 22.5. The Morgan fingerprint density at radius 3 is 2.54 bits per heavy atom. The number of likely N-dealkylation sites (N-methyl/N-ethyl adjacent to an activating group) is 1. The highest BCUT2D eigenvalue weighted by molar-refractivity contribution is 7.99. The number of benzene rings is 1. The van der Waals surface area contributed by atoms with Crippen molar-refractivity contribution in [2.75, 3.05) is 62.8 Å². The number of piperazine rings is 1. The van der Waals surface area contributed by atoms with Crippen LogP contribution in [0.3, 0.4) is 0 Å². The first-order valence-electron chi connectivity index (χ1n) is 11.6. The van der Waals surface area contributed by atoms with E-state index in [9.17, 15) is 18.0 Å². The van der Waals surface area contributed by atoms with Crippen LogP contribution in [0.4, 0.5) is 30.5 Å². The number of carbonyl (C=O) groups is 1. The molecule has 0 atom stereocenters. The van der Waals surface area contributed by atoms with Crippen LogP contribution in [-0.4, -0.2) is 78.2 Å². The van der Waals surface area contributed by atoms with Gasteiger partial charge in [0.25, 0.3) is 5.91 Å². The molecular formula is C24H24ClF3N6OS2. The van der Waals surface area contributed by atoms with Crippen LogP contribution in [0.1, 0.15) is 15.2 Å². The summed E-state index contributed by atoms with van der Waals surface area (Å²) in [7, 11) is 3.77. The lowest BCUT2D eigenvalue weighted by Crippen LogP contribution is -2.44. The van der Waals surface area contributed by atoms with Gasteiger partial charge < -0.3 is 20.0 Å². The second-order valence-electron chi connectivity index (χ2n) is 8.91. The van der Waals surface area contributed by atoms with Crippen molar-refractivity contribution in [3.05, 3.63) is 45.9 Å². The zero-order valence-electron chi connectivity index (χ0n) is 20.1. The van der Waals surface area contributed by atoms with Crippen molar-refractivity contribution in [2.45, 2.75) is 11.1 Å². The van der Waals surface area contributed by atoms with Crippen LogP contribution < -0.4 is 10.2 Å². The minimum atomic E-state index is -4.66. The Hall–Kier alpha value is -2.54. The molecule has 196 valence electrons. The number of anilines is 3. The van der Waals surface area contributed by atoms with Gasteiger partial charge in [-0.25, -0.2) is 9.97 Å². The first kappa shape index (κ1) is 26.1. The minimum Gasteiger partial charge on any atom is -0.369 e. The highest BCUT2D eigenvalue weighted by atomic mass is 35.5. The number of fused-ring (bicyclic) bond motifs is 1. The summed E-state index contributed by atoms with van der Waals surface area (Å²) in [6.45, 7) is 4.24. The van der Waals surface area contributed by atoms with E-state index >= 15 is 0 Å². The van der Waals surface area contributed by atoms with E-state index in [4.69, 9.17) is 11.6 Å². The number of rotatable bonds is 4. The second-order valence-corrected chi connectivity index (χ2v) is 11.5. The smallest absolute Gasteiger partial charge is 0.369 e. The van der Waals surface area contributed by atoms with Crippen LogP contribution in [0.15, 0.2) is 35.4 Å². The highest BCUT2D eigenvalue weighted by Gasteiger charge is 2.37. The number of nitrogens with one attached hydrogen (secondary N) is 1. The molecule has 2 aliphatic rings. The van der Waals surface area contributed by atoms with Gasteiger partial charge in [-0.2, -0.15) is 13.2 Å². The Balaban J connectivity index is 1.46.